The van der Waals surface area contributed by atoms with Gasteiger partial charge in [-0.2, -0.15) is 0 Å². The summed E-state index contributed by atoms with van der Waals surface area (Å²) in [5, 5.41) is 0. The third-order valence-corrected chi connectivity index (χ3v) is 3.96. The predicted octanol–water partition coefficient (Wildman–Crippen LogP) is 3.34. The average Bonchev–Trinajstić information content (AvgIpc) is 3.37. The standard InChI is InChI=1S/C18H19FN2O/c19-17-6-2-1-5-15(17)13-21(16-8-9-16)18(22)10-7-14-4-3-11-20-12-14/h1-6,11-12,16H,7-10,13H2. The molecule has 2 aromatic rings. The van der Waals surface area contributed by atoms with Gasteiger partial charge in [-0.1, -0.05) is 24.3 Å². The van der Waals surface area contributed by atoms with Crippen LogP contribution in [0.2, 0.25) is 0 Å². The molecule has 0 atom stereocenters. The van der Waals surface area contributed by atoms with Crippen LogP contribution in [0.25, 0.3) is 0 Å². The fourth-order valence-electron chi connectivity index (χ4n) is 2.56. The van der Waals surface area contributed by atoms with Crippen LogP contribution in [0.3, 0.4) is 0 Å². The van der Waals surface area contributed by atoms with Crippen LogP contribution < -0.4 is 0 Å². The Balaban J connectivity index is 1.64. The van der Waals surface area contributed by atoms with Crippen molar-refractivity contribution in [3.63, 3.8) is 0 Å². The zero-order valence-electron chi connectivity index (χ0n) is 12.4. The summed E-state index contributed by atoms with van der Waals surface area (Å²) in [6.45, 7) is 0.364. The van der Waals surface area contributed by atoms with Gasteiger partial charge in [0.15, 0.2) is 0 Å². The minimum absolute atomic E-state index is 0.0922. The van der Waals surface area contributed by atoms with Crippen molar-refractivity contribution < 1.29 is 9.18 Å². The first-order valence-corrected chi connectivity index (χ1v) is 7.66. The second-order valence-electron chi connectivity index (χ2n) is 5.71. The maximum absolute atomic E-state index is 13.8. The predicted molar refractivity (Wildman–Crippen MR) is 82.5 cm³/mol. The number of halogens is 1. The summed E-state index contributed by atoms with van der Waals surface area (Å²) >= 11 is 0. The van der Waals surface area contributed by atoms with Crippen LogP contribution in [0, 0.1) is 5.82 Å². The zero-order chi connectivity index (χ0) is 15.4. The van der Waals surface area contributed by atoms with Crippen molar-refractivity contribution >= 4 is 5.91 Å². The molecule has 22 heavy (non-hydrogen) atoms. The van der Waals surface area contributed by atoms with E-state index in [-0.39, 0.29) is 17.8 Å². The number of benzene rings is 1. The molecule has 0 unspecified atom stereocenters. The Morgan fingerprint density at radius 1 is 1.23 bits per heavy atom. The topological polar surface area (TPSA) is 33.2 Å². The Labute approximate surface area is 129 Å². The molecule has 3 rings (SSSR count). The Kier molecular flexibility index (Phi) is 4.47. The minimum atomic E-state index is -0.242. The van der Waals surface area contributed by atoms with Gasteiger partial charge < -0.3 is 4.90 Å². The van der Waals surface area contributed by atoms with Crippen LogP contribution in [0.1, 0.15) is 30.4 Å². The number of pyridine rings is 1. The first-order valence-electron chi connectivity index (χ1n) is 7.66. The van der Waals surface area contributed by atoms with Gasteiger partial charge in [0, 0.05) is 37.0 Å². The van der Waals surface area contributed by atoms with Crippen LogP contribution in [0.4, 0.5) is 4.39 Å². The molecule has 0 saturated heterocycles. The summed E-state index contributed by atoms with van der Waals surface area (Å²) in [6, 6.07) is 10.8. The third-order valence-electron chi connectivity index (χ3n) is 3.96. The maximum atomic E-state index is 13.8. The van der Waals surface area contributed by atoms with Crippen LogP contribution in [0.15, 0.2) is 48.8 Å². The Morgan fingerprint density at radius 3 is 2.73 bits per heavy atom. The van der Waals surface area contributed by atoms with Crippen LogP contribution in [-0.2, 0) is 17.8 Å². The van der Waals surface area contributed by atoms with Crippen molar-refractivity contribution in [3.8, 4) is 0 Å². The molecule has 0 spiro atoms. The van der Waals surface area contributed by atoms with E-state index in [9.17, 15) is 9.18 Å². The molecule has 0 N–H and O–H groups in total. The number of carbonyl (C=O) groups excluding carboxylic acids is 1. The van der Waals surface area contributed by atoms with E-state index in [0.29, 0.717) is 24.9 Å². The summed E-state index contributed by atoms with van der Waals surface area (Å²) in [5.74, 6) is -0.150. The quantitative estimate of drug-likeness (QED) is 0.819. The third kappa shape index (κ3) is 3.70. The van der Waals surface area contributed by atoms with E-state index >= 15 is 0 Å². The molecule has 1 fully saturated rings. The molecule has 1 aliphatic rings. The van der Waals surface area contributed by atoms with Crippen molar-refractivity contribution in [2.24, 2.45) is 0 Å². The molecule has 3 nitrogen and oxygen atoms in total. The van der Waals surface area contributed by atoms with Crippen molar-refractivity contribution in [1.29, 1.82) is 0 Å². The molecule has 1 saturated carbocycles. The number of aryl methyl sites for hydroxylation is 1. The molecular weight excluding hydrogens is 279 g/mol. The molecule has 0 aliphatic heterocycles. The van der Waals surface area contributed by atoms with E-state index in [4.69, 9.17) is 0 Å². The minimum Gasteiger partial charge on any atom is -0.335 e. The SMILES string of the molecule is O=C(CCc1cccnc1)N(Cc1ccccc1F)C1CC1. The summed E-state index contributed by atoms with van der Waals surface area (Å²) in [4.78, 5) is 18.4. The summed E-state index contributed by atoms with van der Waals surface area (Å²) in [7, 11) is 0. The second kappa shape index (κ2) is 6.69. The van der Waals surface area contributed by atoms with Gasteiger partial charge in [-0.3, -0.25) is 9.78 Å². The van der Waals surface area contributed by atoms with Gasteiger partial charge in [0.25, 0.3) is 0 Å². The number of hydrogen-bond donors (Lipinski definition) is 0. The zero-order valence-corrected chi connectivity index (χ0v) is 12.4. The number of carbonyl (C=O) groups is 1. The van der Waals surface area contributed by atoms with Gasteiger partial charge in [0.05, 0.1) is 0 Å². The van der Waals surface area contributed by atoms with E-state index in [1.165, 1.54) is 6.07 Å². The fourth-order valence-corrected chi connectivity index (χ4v) is 2.56. The smallest absolute Gasteiger partial charge is 0.223 e. The highest BCUT2D eigenvalue weighted by molar-refractivity contribution is 5.77. The summed E-state index contributed by atoms with van der Waals surface area (Å²) in [5.41, 5.74) is 1.64. The molecule has 0 radical (unpaired) electrons. The van der Waals surface area contributed by atoms with E-state index in [1.54, 1.807) is 24.5 Å². The van der Waals surface area contributed by atoms with Crippen LogP contribution >= 0.6 is 0 Å². The molecule has 1 aromatic heterocycles. The first kappa shape index (κ1) is 14.7. The number of rotatable bonds is 6. The lowest BCUT2D eigenvalue weighted by molar-refractivity contribution is -0.132. The van der Waals surface area contributed by atoms with Crippen molar-refractivity contribution in [1.82, 2.24) is 9.88 Å². The lowest BCUT2D eigenvalue weighted by atomic mass is 10.1. The molecule has 4 heteroatoms. The van der Waals surface area contributed by atoms with E-state index in [1.807, 2.05) is 23.1 Å². The Morgan fingerprint density at radius 2 is 2.05 bits per heavy atom. The summed E-state index contributed by atoms with van der Waals surface area (Å²) < 4.78 is 13.8. The number of aromatic nitrogens is 1. The number of hydrogen-bond acceptors (Lipinski definition) is 2. The highest BCUT2D eigenvalue weighted by atomic mass is 19.1. The van der Waals surface area contributed by atoms with Gasteiger partial charge in [0.1, 0.15) is 5.82 Å². The van der Waals surface area contributed by atoms with E-state index in [0.717, 1.165) is 18.4 Å². The highest BCUT2D eigenvalue weighted by Gasteiger charge is 2.32. The van der Waals surface area contributed by atoms with Gasteiger partial charge in [-0.25, -0.2) is 4.39 Å². The van der Waals surface area contributed by atoms with Gasteiger partial charge in [-0.05, 0) is 37.0 Å². The van der Waals surface area contributed by atoms with Crippen molar-refractivity contribution in [2.45, 2.75) is 38.3 Å². The van der Waals surface area contributed by atoms with E-state index in [2.05, 4.69) is 4.98 Å². The summed E-state index contributed by atoms with van der Waals surface area (Å²) in [6.07, 6.45) is 6.66. The second-order valence-corrected chi connectivity index (χ2v) is 5.71. The lowest BCUT2D eigenvalue weighted by Gasteiger charge is -2.23. The maximum Gasteiger partial charge on any atom is 0.223 e. The van der Waals surface area contributed by atoms with Crippen molar-refractivity contribution in [3.05, 3.63) is 65.7 Å². The largest absolute Gasteiger partial charge is 0.335 e. The molecular formula is C18H19FN2O. The Bertz CT molecular complexity index is 641. The molecule has 1 aromatic carbocycles. The van der Waals surface area contributed by atoms with Crippen LogP contribution in [-0.4, -0.2) is 21.8 Å². The Hall–Kier alpha value is -2.23. The monoisotopic (exact) mass is 298 g/mol. The normalized spacial score (nSPS) is 13.9. The first-order chi connectivity index (χ1) is 10.7. The fraction of sp³-hybridized carbons (Fsp3) is 0.333. The molecule has 1 heterocycles. The molecule has 1 amide bonds. The number of nitrogens with zero attached hydrogens (tertiary/aromatic N) is 2. The van der Waals surface area contributed by atoms with Crippen molar-refractivity contribution in [2.75, 3.05) is 0 Å². The molecule has 0 bridgehead atoms. The molecule has 1 aliphatic carbocycles. The van der Waals surface area contributed by atoms with Gasteiger partial charge in [0.2, 0.25) is 5.91 Å². The van der Waals surface area contributed by atoms with Crippen LogP contribution in [0.5, 0.6) is 0 Å². The average molecular weight is 298 g/mol. The lowest BCUT2D eigenvalue weighted by Crippen LogP contribution is -2.33. The number of amides is 1. The van der Waals surface area contributed by atoms with Gasteiger partial charge in [-0.15, -0.1) is 0 Å². The molecule has 114 valence electrons. The highest BCUT2D eigenvalue weighted by Crippen LogP contribution is 2.29. The van der Waals surface area contributed by atoms with Gasteiger partial charge >= 0.3 is 0 Å². The van der Waals surface area contributed by atoms with E-state index < -0.39 is 0 Å².